The molecule has 0 amide bonds. The molecule has 0 saturated carbocycles. The van der Waals surface area contributed by atoms with Crippen LogP contribution in [0.1, 0.15) is 83.9 Å². The van der Waals surface area contributed by atoms with Crippen LogP contribution in [-0.4, -0.2) is 11.6 Å². The van der Waals surface area contributed by atoms with E-state index in [0.717, 1.165) is 15.6 Å². The third-order valence-corrected chi connectivity index (χ3v) is 10.6. The van der Waals surface area contributed by atoms with Crippen LogP contribution in [0.25, 0.3) is 17.2 Å². The van der Waals surface area contributed by atoms with E-state index in [9.17, 15) is 9.59 Å². The highest BCUT2D eigenvalue weighted by atomic mass is 32.1. The number of nitrogens with zero attached hydrogens (tertiary/aromatic N) is 1. The first-order chi connectivity index (χ1) is 21.4. The molecule has 0 spiro atoms. The molecule has 0 N–H and O–H groups in total. The third-order valence-electron chi connectivity index (χ3n) is 9.54. The number of carbonyl (C=O) groups is 2. The fraction of sp³-hybridized carbons (Fsp3) is 0.220. The van der Waals surface area contributed by atoms with Crippen molar-refractivity contribution in [3.63, 3.8) is 0 Å². The van der Waals surface area contributed by atoms with Gasteiger partial charge in [0.2, 0.25) is 0 Å². The van der Waals surface area contributed by atoms with Crippen LogP contribution in [0.4, 0.5) is 16.4 Å². The molecular formula is C41H37NO2S. The first-order valence-corrected chi connectivity index (χ1v) is 16.3. The van der Waals surface area contributed by atoms with Crippen LogP contribution in [0, 0.1) is 41.5 Å². The van der Waals surface area contributed by atoms with E-state index >= 15 is 0 Å². The Balaban J connectivity index is 1.46. The van der Waals surface area contributed by atoms with Crippen molar-refractivity contribution in [3.05, 3.63) is 139 Å². The Kier molecular flexibility index (Phi) is 6.65. The standard InChI is InChI=1S/C41H37NO2S/c1-22-15-24(3)36(25(4)16-22)28-13-14-35-33(19-28)41(7,8)34-21-29(20-32-38(43)30-11-9-10-12-31(30)39(32)44)45-40(34)42(35)37-26(5)17-23(2)18-27(37)6/h9-21H,1-8H3. The predicted octanol–water partition coefficient (Wildman–Crippen LogP) is 10.8. The average molecular weight is 608 g/mol. The molecule has 2 aliphatic rings. The molecular weight excluding hydrogens is 571 g/mol. The summed E-state index contributed by atoms with van der Waals surface area (Å²) in [6.45, 7) is 17.7. The van der Waals surface area contributed by atoms with E-state index in [2.05, 4.69) is 109 Å². The third kappa shape index (κ3) is 4.46. The zero-order valence-corrected chi connectivity index (χ0v) is 28.0. The number of benzene rings is 4. The van der Waals surface area contributed by atoms with Gasteiger partial charge >= 0.3 is 0 Å². The molecule has 0 saturated heterocycles. The first-order valence-electron chi connectivity index (χ1n) is 15.5. The smallest absolute Gasteiger partial charge is 0.197 e. The molecule has 7 rings (SSSR count). The molecule has 0 fully saturated rings. The zero-order chi connectivity index (χ0) is 31.9. The predicted molar refractivity (Wildman–Crippen MR) is 188 cm³/mol. The summed E-state index contributed by atoms with van der Waals surface area (Å²) in [5.41, 5.74) is 15.7. The number of ketones is 2. The number of hydrogen-bond donors (Lipinski definition) is 0. The number of hydrogen-bond acceptors (Lipinski definition) is 4. The molecule has 0 bridgehead atoms. The van der Waals surface area contributed by atoms with Gasteiger partial charge in [-0.3, -0.25) is 9.59 Å². The van der Waals surface area contributed by atoms with Crippen LogP contribution in [-0.2, 0) is 5.41 Å². The van der Waals surface area contributed by atoms with Crippen LogP contribution in [0.5, 0.6) is 0 Å². The molecule has 224 valence electrons. The van der Waals surface area contributed by atoms with Crippen LogP contribution < -0.4 is 4.90 Å². The van der Waals surface area contributed by atoms with E-state index in [0.29, 0.717) is 11.1 Å². The minimum atomic E-state index is -0.323. The maximum absolute atomic E-state index is 13.3. The van der Waals surface area contributed by atoms with Gasteiger partial charge in [-0.15, -0.1) is 11.3 Å². The Labute approximate surface area is 269 Å². The molecule has 45 heavy (non-hydrogen) atoms. The van der Waals surface area contributed by atoms with Crippen LogP contribution in [0.15, 0.2) is 78.4 Å². The Morgan fingerprint density at radius 2 is 1.22 bits per heavy atom. The summed E-state index contributed by atoms with van der Waals surface area (Å²) in [6.07, 6.45) is 1.81. The number of rotatable bonds is 3. The lowest BCUT2D eigenvalue weighted by molar-refractivity contribution is 0.0990. The van der Waals surface area contributed by atoms with E-state index in [1.807, 2.05) is 18.2 Å². The van der Waals surface area contributed by atoms with Crippen molar-refractivity contribution in [3.8, 4) is 11.1 Å². The van der Waals surface area contributed by atoms with Gasteiger partial charge in [-0.05, 0) is 110 Å². The summed E-state index contributed by atoms with van der Waals surface area (Å²) in [7, 11) is 0. The van der Waals surface area contributed by atoms with Gasteiger partial charge in [0.05, 0.1) is 16.9 Å². The number of anilines is 3. The number of allylic oxidation sites excluding steroid dienone is 1. The highest BCUT2D eigenvalue weighted by molar-refractivity contribution is 7.17. The lowest BCUT2D eigenvalue weighted by atomic mass is 9.74. The van der Waals surface area contributed by atoms with Crippen LogP contribution in [0.2, 0.25) is 0 Å². The number of aryl methyl sites for hydroxylation is 6. The van der Waals surface area contributed by atoms with Gasteiger partial charge in [0.25, 0.3) is 0 Å². The normalized spacial score (nSPS) is 14.8. The summed E-state index contributed by atoms with van der Waals surface area (Å²) < 4.78 is 0. The second-order valence-electron chi connectivity index (χ2n) is 13.3. The molecule has 0 unspecified atom stereocenters. The minimum absolute atomic E-state index is 0.194. The molecule has 5 aromatic rings. The molecule has 1 aromatic heterocycles. The molecule has 1 aliphatic heterocycles. The topological polar surface area (TPSA) is 37.4 Å². The Hall–Kier alpha value is -4.54. The first kappa shape index (κ1) is 29.2. The maximum Gasteiger partial charge on any atom is 0.197 e. The SMILES string of the molecule is Cc1cc(C)c(-c2ccc3c(c2)C(C)(C)c2cc(C=C4C(=O)c5ccccc5C4=O)sc2N3c2c(C)cc(C)cc2C)c(C)c1. The van der Waals surface area contributed by atoms with Crippen LogP contribution >= 0.6 is 11.3 Å². The van der Waals surface area contributed by atoms with Crippen molar-refractivity contribution in [1.29, 1.82) is 0 Å². The van der Waals surface area contributed by atoms with Crippen molar-refractivity contribution in [2.75, 3.05) is 4.90 Å². The van der Waals surface area contributed by atoms with E-state index < -0.39 is 0 Å². The van der Waals surface area contributed by atoms with Crippen molar-refractivity contribution < 1.29 is 9.59 Å². The molecule has 4 heteroatoms. The summed E-state index contributed by atoms with van der Waals surface area (Å²) >= 11 is 1.65. The summed E-state index contributed by atoms with van der Waals surface area (Å²) in [6, 6.07) is 25.3. The van der Waals surface area contributed by atoms with Gasteiger partial charge in [-0.1, -0.05) is 79.6 Å². The molecule has 2 heterocycles. The van der Waals surface area contributed by atoms with Gasteiger partial charge in [-0.2, -0.15) is 0 Å². The number of fused-ring (bicyclic) bond motifs is 3. The second kappa shape index (κ2) is 10.3. The van der Waals surface area contributed by atoms with Gasteiger partial charge in [0.1, 0.15) is 5.00 Å². The highest BCUT2D eigenvalue weighted by Gasteiger charge is 2.40. The van der Waals surface area contributed by atoms with Crippen molar-refractivity contribution in [2.24, 2.45) is 0 Å². The van der Waals surface area contributed by atoms with Crippen molar-refractivity contribution >= 4 is 45.4 Å². The minimum Gasteiger partial charge on any atom is -0.301 e. The number of thiophene rings is 1. The van der Waals surface area contributed by atoms with Crippen molar-refractivity contribution in [1.82, 2.24) is 0 Å². The second-order valence-corrected chi connectivity index (χ2v) is 14.4. The lowest BCUT2D eigenvalue weighted by Gasteiger charge is -2.41. The van der Waals surface area contributed by atoms with Crippen molar-refractivity contribution in [2.45, 2.75) is 60.8 Å². The zero-order valence-electron chi connectivity index (χ0n) is 27.2. The summed E-state index contributed by atoms with van der Waals surface area (Å²) in [4.78, 5) is 30.0. The van der Waals surface area contributed by atoms with E-state index in [4.69, 9.17) is 0 Å². The van der Waals surface area contributed by atoms with Gasteiger partial charge in [0.15, 0.2) is 11.6 Å². The monoisotopic (exact) mass is 607 g/mol. The van der Waals surface area contributed by atoms with Gasteiger partial charge in [-0.25, -0.2) is 0 Å². The summed E-state index contributed by atoms with van der Waals surface area (Å²) in [5, 5.41) is 1.13. The molecule has 1 aliphatic carbocycles. The Morgan fingerprint density at radius 3 is 1.80 bits per heavy atom. The molecule has 0 radical (unpaired) electrons. The molecule has 4 aromatic carbocycles. The lowest BCUT2D eigenvalue weighted by Crippen LogP contribution is -2.30. The van der Waals surface area contributed by atoms with E-state index in [1.54, 1.807) is 23.5 Å². The fourth-order valence-electron chi connectivity index (χ4n) is 7.65. The van der Waals surface area contributed by atoms with Gasteiger partial charge in [0, 0.05) is 21.4 Å². The Morgan fingerprint density at radius 1 is 0.667 bits per heavy atom. The average Bonchev–Trinajstić information content (AvgIpc) is 3.50. The highest BCUT2D eigenvalue weighted by Crippen LogP contribution is 2.57. The quantitative estimate of drug-likeness (QED) is 0.151. The van der Waals surface area contributed by atoms with E-state index in [1.165, 1.54) is 61.3 Å². The molecule has 0 atom stereocenters. The molecule has 3 nitrogen and oxygen atoms in total. The Bertz CT molecular complexity index is 2060. The number of carbonyl (C=O) groups excluding carboxylic acids is 2. The summed E-state index contributed by atoms with van der Waals surface area (Å²) in [5.74, 6) is -0.389. The van der Waals surface area contributed by atoms with Gasteiger partial charge < -0.3 is 4.90 Å². The largest absolute Gasteiger partial charge is 0.301 e. The van der Waals surface area contributed by atoms with Crippen LogP contribution in [0.3, 0.4) is 0 Å². The van der Waals surface area contributed by atoms with E-state index in [-0.39, 0.29) is 22.6 Å². The number of Topliss-reactive ketones (excluding diaryl/α,β-unsaturated/α-hetero) is 2. The fourth-order valence-corrected chi connectivity index (χ4v) is 8.94. The maximum atomic E-state index is 13.3.